The van der Waals surface area contributed by atoms with Gasteiger partial charge in [-0.2, -0.15) is 17.5 Å². The number of pyridine rings is 1. The summed E-state index contributed by atoms with van der Waals surface area (Å²) in [5.74, 6) is 0.735. The highest BCUT2D eigenvalue weighted by Crippen LogP contribution is 2.34. The minimum absolute atomic E-state index is 0.0756. The van der Waals surface area contributed by atoms with Gasteiger partial charge in [0.2, 0.25) is 5.13 Å². The first-order valence-corrected chi connectivity index (χ1v) is 10.8. The first kappa shape index (κ1) is 20.5. The molecule has 0 saturated heterocycles. The van der Waals surface area contributed by atoms with Gasteiger partial charge >= 0.3 is 6.18 Å². The molecule has 2 atom stereocenters. The maximum Gasteiger partial charge on any atom is 0.433 e. The Bertz CT molecular complexity index is 985. The number of para-hydroxylation sites is 1. The molecule has 0 aliphatic heterocycles. The highest BCUT2D eigenvalue weighted by atomic mass is 32.2. The summed E-state index contributed by atoms with van der Waals surface area (Å²) >= 11 is 1.42. The largest absolute Gasteiger partial charge is 0.496 e. The zero-order valence-corrected chi connectivity index (χ0v) is 17.0. The standard InChI is InChI=1S/C19H18F3N3OS2/c1-12(13-8-9-17(23-10-13)19(20,21)22)28(3)25-18-24-15(11-27-18)14-6-4-5-7-16(14)26-2/h4-12H,1-3H3. The van der Waals surface area contributed by atoms with Crippen LogP contribution in [-0.4, -0.2) is 23.3 Å². The number of alkyl halides is 3. The second kappa shape index (κ2) is 8.40. The van der Waals surface area contributed by atoms with Gasteiger partial charge in [0.25, 0.3) is 0 Å². The number of halogens is 3. The summed E-state index contributed by atoms with van der Waals surface area (Å²) in [7, 11) is 1.14. The Balaban J connectivity index is 1.81. The fourth-order valence-electron chi connectivity index (χ4n) is 2.50. The molecule has 148 valence electrons. The molecule has 3 rings (SSSR count). The van der Waals surface area contributed by atoms with Gasteiger partial charge in [0.05, 0.1) is 12.8 Å². The molecule has 9 heteroatoms. The summed E-state index contributed by atoms with van der Waals surface area (Å²) in [6.45, 7) is 1.92. The third kappa shape index (κ3) is 4.59. The Hall–Kier alpha value is -2.26. The van der Waals surface area contributed by atoms with Gasteiger partial charge < -0.3 is 4.74 Å². The molecular formula is C19H18F3N3OS2. The molecule has 0 radical (unpaired) electrons. The SMILES string of the molecule is COc1ccccc1-c1csc(N=S(C)C(C)c2ccc(C(F)(F)F)nc2)n1. The highest BCUT2D eigenvalue weighted by molar-refractivity contribution is 7.87. The normalized spacial score (nSPS) is 14.1. The highest BCUT2D eigenvalue weighted by Gasteiger charge is 2.32. The maximum absolute atomic E-state index is 12.7. The summed E-state index contributed by atoms with van der Waals surface area (Å²) in [4.78, 5) is 8.10. The first-order valence-electron chi connectivity index (χ1n) is 8.28. The average Bonchev–Trinajstić information content (AvgIpc) is 3.15. The van der Waals surface area contributed by atoms with Crippen LogP contribution in [0.3, 0.4) is 0 Å². The molecule has 3 aromatic rings. The van der Waals surface area contributed by atoms with E-state index in [-0.39, 0.29) is 5.25 Å². The van der Waals surface area contributed by atoms with Crippen molar-refractivity contribution < 1.29 is 17.9 Å². The van der Waals surface area contributed by atoms with Crippen LogP contribution in [0.1, 0.15) is 23.4 Å². The van der Waals surface area contributed by atoms with Crippen molar-refractivity contribution in [2.24, 2.45) is 4.36 Å². The van der Waals surface area contributed by atoms with E-state index in [2.05, 4.69) is 14.3 Å². The van der Waals surface area contributed by atoms with E-state index < -0.39 is 22.6 Å². The van der Waals surface area contributed by atoms with Crippen molar-refractivity contribution in [3.63, 3.8) is 0 Å². The van der Waals surface area contributed by atoms with Crippen LogP contribution < -0.4 is 4.74 Å². The lowest BCUT2D eigenvalue weighted by Gasteiger charge is -2.13. The van der Waals surface area contributed by atoms with E-state index in [1.54, 1.807) is 7.11 Å². The minimum atomic E-state index is -4.43. The number of rotatable bonds is 5. The second-order valence-electron chi connectivity index (χ2n) is 5.95. The number of thiazole rings is 1. The van der Waals surface area contributed by atoms with Gasteiger partial charge in [-0.15, -0.1) is 11.3 Å². The molecule has 2 heterocycles. The fourth-order valence-corrected chi connectivity index (χ4v) is 4.55. The number of hydrogen-bond acceptors (Lipinski definition) is 5. The molecule has 0 aliphatic rings. The van der Waals surface area contributed by atoms with Crippen LogP contribution >= 0.6 is 11.3 Å². The summed E-state index contributed by atoms with van der Waals surface area (Å²) in [6.07, 6.45) is -1.23. The molecule has 0 N–H and O–H groups in total. The molecular weight excluding hydrogens is 407 g/mol. The predicted molar refractivity (Wildman–Crippen MR) is 107 cm³/mol. The average molecular weight is 426 g/mol. The Morgan fingerprint density at radius 2 is 1.93 bits per heavy atom. The number of benzene rings is 1. The van der Waals surface area contributed by atoms with Crippen LogP contribution in [0.4, 0.5) is 18.3 Å². The lowest BCUT2D eigenvalue weighted by Crippen LogP contribution is -2.09. The molecule has 0 amide bonds. The van der Waals surface area contributed by atoms with E-state index in [1.807, 2.05) is 42.8 Å². The van der Waals surface area contributed by atoms with E-state index in [9.17, 15) is 13.2 Å². The summed E-state index contributed by atoms with van der Waals surface area (Å²) < 4.78 is 48.0. The monoisotopic (exact) mass is 425 g/mol. The first-order chi connectivity index (χ1) is 13.3. The van der Waals surface area contributed by atoms with E-state index in [0.717, 1.165) is 23.1 Å². The second-order valence-corrected chi connectivity index (χ2v) is 8.72. The van der Waals surface area contributed by atoms with E-state index in [1.165, 1.54) is 23.6 Å². The van der Waals surface area contributed by atoms with Crippen LogP contribution in [0.15, 0.2) is 52.3 Å². The summed E-state index contributed by atoms with van der Waals surface area (Å²) in [5, 5.41) is 2.46. The minimum Gasteiger partial charge on any atom is -0.496 e. The van der Waals surface area contributed by atoms with Gasteiger partial charge in [-0.25, -0.2) is 4.98 Å². The predicted octanol–water partition coefficient (Wildman–Crippen LogP) is 6.06. The Labute approximate surface area is 167 Å². The van der Waals surface area contributed by atoms with Gasteiger partial charge in [-0.1, -0.05) is 28.9 Å². The van der Waals surface area contributed by atoms with E-state index >= 15 is 0 Å². The molecule has 1 aromatic carbocycles. The molecule has 2 aromatic heterocycles. The van der Waals surface area contributed by atoms with E-state index in [4.69, 9.17) is 4.74 Å². The lowest BCUT2D eigenvalue weighted by molar-refractivity contribution is -0.141. The number of hydrogen-bond donors (Lipinski definition) is 0. The van der Waals surface area contributed by atoms with Crippen molar-refractivity contribution in [3.8, 4) is 17.0 Å². The van der Waals surface area contributed by atoms with Crippen molar-refractivity contribution in [3.05, 3.63) is 59.2 Å². The lowest BCUT2D eigenvalue weighted by atomic mass is 10.1. The van der Waals surface area contributed by atoms with E-state index in [0.29, 0.717) is 10.7 Å². The quantitative estimate of drug-likeness (QED) is 0.499. The van der Waals surface area contributed by atoms with Crippen LogP contribution in [-0.2, 0) is 16.9 Å². The van der Waals surface area contributed by atoms with Crippen LogP contribution in [0.2, 0.25) is 0 Å². The smallest absolute Gasteiger partial charge is 0.433 e. The molecule has 2 unspecified atom stereocenters. The van der Waals surface area contributed by atoms with Gasteiger partial charge in [0.1, 0.15) is 11.4 Å². The van der Waals surface area contributed by atoms with Gasteiger partial charge in [-0.3, -0.25) is 4.98 Å². The molecule has 0 aliphatic carbocycles. The van der Waals surface area contributed by atoms with Gasteiger partial charge in [0, 0.05) is 22.4 Å². The Morgan fingerprint density at radius 3 is 2.57 bits per heavy atom. The third-order valence-corrected chi connectivity index (χ3v) is 6.76. The van der Waals surface area contributed by atoms with Gasteiger partial charge in [-0.05, 0) is 36.9 Å². The number of ether oxygens (including phenoxy) is 1. The van der Waals surface area contributed by atoms with Crippen LogP contribution in [0.25, 0.3) is 11.3 Å². The van der Waals surface area contributed by atoms with Crippen molar-refractivity contribution in [2.75, 3.05) is 13.4 Å². The molecule has 0 fully saturated rings. The fraction of sp³-hybridized carbons (Fsp3) is 0.263. The van der Waals surface area contributed by atoms with Gasteiger partial charge in [0.15, 0.2) is 0 Å². The maximum atomic E-state index is 12.7. The van der Waals surface area contributed by atoms with Crippen molar-refractivity contribution in [1.29, 1.82) is 0 Å². The molecule has 0 bridgehead atoms. The Kier molecular flexibility index (Phi) is 6.14. The number of nitrogens with zero attached hydrogens (tertiary/aromatic N) is 3. The zero-order chi connectivity index (χ0) is 20.3. The third-order valence-electron chi connectivity index (χ3n) is 4.15. The van der Waals surface area contributed by atoms with Crippen molar-refractivity contribution >= 4 is 27.2 Å². The summed E-state index contributed by atoms with van der Waals surface area (Å²) in [6, 6.07) is 10.1. The molecule has 4 nitrogen and oxygen atoms in total. The molecule has 0 saturated carbocycles. The summed E-state index contributed by atoms with van der Waals surface area (Å²) in [5.41, 5.74) is 1.49. The van der Waals surface area contributed by atoms with Crippen LogP contribution in [0, 0.1) is 0 Å². The van der Waals surface area contributed by atoms with Crippen molar-refractivity contribution in [1.82, 2.24) is 9.97 Å². The van der Waals surface area contributed by atoms with Crippen molar-refractivity contribution in [2.45, 2.75) is 18.3 Å². The molecule has 28 heavy (non-hydrogen) atoms. The number of aromatic nitrogens is 2. The number of methoxy groups -OCH3 is 1. The topological polar surface area (TPSA) is 47.4 Å². The van der Waals surface area contributed by atoms with Crippen LogP contribution in [0.5, 0.6) is 5.75 Å². The molecule has 0 spiro atoms. The zero-order valence-electron chi connectivity index (χ0n) is 15.4. The Morgan fingerprint density at radius 1 is 1.18 bits per heavy atom.